The number of aromatic hydroxyl groups is 1. The van der Waals surface area contributed by atoms with E-state index in [2.05, 4.69) is 38.8 Å². The second-order valence-electron chi connectivity index (χ2n) is 16.6. The van der Waals surface area contributed by atoms with E-state index in [0.717, 1.165) is 51.9 Å². The number of rotatable bonds is 9. The third kappa shape index (κ3) is 6.54. The normalized spacial score (nSPS) is 30.1. The van der Waals surface area contributed by atoms with Crippen LogP contribution in [-0.4, -0.2) is 118 Å². The molecule has 288 valence electrons. The molecule has 7 atom stereocenters. The molecule has 0 aliphatic carbocycles. The number of piperazine rings is 1. The highest BCUT2D eigenvalue weighted by Crippen LogP contribution is 2.45. The fourth-order valence-corrected chi connectivity index (χ4v) is 10.4. The van der Waals surface area contributed by atoms with Gasteiger partial charge >= 0.3 is 6.01 Å². The predicted molar refractivity (Wildman–Crippen MR) is 202 cm³/mol. The predicted octanol–water partition coefficient (Wildman–Crippen LogP) is 6.01. The van der Waals surface area contributed by atoms with E-state index in [9.17, 15) is 5.11 Å². The molecule has 10 nitrogen and oxygen atoms in total. The minimum Gasteiger partial charge on any atom is -0.508 e. The van der Waals surface area contributed by atoms with Crippen LogP contribution in [0.15, 0.2) is 30.5 Å². The molecule has 0 radical (unpaired) electrons. The van der Waals surface area contributed by atoms with Crippen LogP contribution in [0.25, 0.3) is 32.9 Å². The van der Waals surface area contributed by atoms with Crippen molar-refractivity contribution >= 4 is 27.5 Å². The molecular weight excluding hydrogens is 695 g/mol. The van der Waals surface area contributed by atoms with Crippen LogP contribution in [0.2, 0.25) is 0 Å². The maximum atomic E-state index is 17.1. The molecule has 9 rings (SSSR count). The zero-order chi connectivity index (χ0) is 37.3. The van der Waals surface area contributed by atoms with Crippen molar-refractivity contribution in [1.82, 2.24) is 30.1 Å². The summed E-state index contributed by atoms with van der Waals surface area (Å²) in [4.78, 5) is 21.1. The van der Waals surface area contributed by atoms with Gasteiger partial charge in [0.1, 0.15) is 41.4 Å². The van der Waals surface area contributed by atoms with Gasteiger partial charge in [0, 0.05) is 69.5 Å². The van der Waals surface area contributed by atoms with Crippen molar-refractivity contribution in [3.05, 3.63) is 47.7 Å². The summed E-state index contributed by atoms with van der Waals surface area (Å²) in [7, 11) is 0. The van der Waals surface area contributed by atoms with Gasteiger partial charge in [0.2, 0.25) is 0 Å². The Bertz CT molecular complexity index is 2050. The topological polar surface area (TPSA) is 99.1 Å². The number of nitrogens with zero attached hydrogens (tertiary/aromatic N) is 6. The van der Waals surface area contributed by atoms with E-state index >= 15 is 13.2 Å². The fraction of sp³-hybridized carbons (Fsp3) is 0.585. The lowest BCUT2D eigenvalue weighted by atomic mass is 9.89. The van der Waals surface area contributed by atoms with E-state index in [4.69, 9.17) is 19.4 Å². The summed E-state index contributed by atoms with van der Waals surface area (Å²) in [5.41, 5.74) is 0.215. The Balaban J connectivity index is 1.06. The van der Waals surface area contributed by atoms with Gasteiger partial charge in [0.15, 0.2) is 5.82 Å². The second-order valence-corrected chi connectivity index (χ2v) is 16.6. The first kappa shape index (κ1) is 35.9. The maximum absolute atomic E-state index is 17.1. The van der Waals surface area contributed by atoms with Crippen molar-refractivity contribution in [2.45, 2.75) is 95.3 Å². The number of fused-ring (bicyclic) bond motifs is 5. The summed E-state index contributed by atoms with van der Waals surface area (Å²) >= 11 is 0. The number of phenolic OH excluding ortho intramolecular Hbond substituents is 1. The summed E-state index contributed by atoms with van der Waals surface area (Å²) < 4.78 is 59.7. The molecule has 2 aromatic carbocycles. The third-order valence-electron chi connectivity index (χ3n) is 12.6. The lowest BCUT2D eigenvalue weighted by molar-refractivity contribution is -0.0689. The van der Waals surface area contributed by atoms with Gasteiger partial charge in [-0.3, -0.25) is 14.8 Å². The summed E-state index contributed by atoms with van der Waals surface area (Å²) in [5.74, 6) is -0.224. The fourth-order valence-electron chi connectivity index (χ4n) is 10.4. The lowest BCUT2D eigenvalue weighted by Crippen LogP contribution is -2.51. The van der Waals surface area contributed by atoms with Crippen LogP contribution in [0, 0.1) is 17.6 Å². The first-order valence-electron chi connectivity index (χ1n) is 19.8. The highest BCUT2D eigenvalue weighted by Gasteiger charge is 2.52. The number of hydrogen-bond acceptors (Lipinski definition) is 10. The first-order chi connectivity index (χ1) is 26.1. The van der Waals surface area contributed by atoms with E-state index in [1.54, 1.807) is 18.3 Å². The number of anilines is 1. The first-order valence-corrected chi connectivity index (χ1v) is 19.8. The molecule has 5 aliphatic rings. The number of alkyl halides is 1. The molecule has 54 heavy (non-hydrogen) atoms. The highest BCUT2D eigenvalue weighted by molar-refractivity contribution is 6.01. The van der Waals surface area contributed by atoms with Crippen LogP contribution in [0.4, 0.5) is 19.0 Å². The van der Waals surface area contributed by atoms with E-state index < -0.39 is 23.3 Å². The molecule has 5 fully saturated rings. The number of benzene rings is 2. The van der Waals surface area contributed by atoms with Gasteiger partial charge in [-0.05, 0) is 92.9 Å². The molecule has 0 spiro atoms. The summed E-state index contributed by atoms with van der Waals surface area (Å²) in [6, 6.07) is 6.56. The Morgan fingerprint density at radius 1 is 1.00 bits per heavy atom. The van der Waals surface area contributed by atoms with Gasteiger partial charge in [0.25, 0.3) is 0 Å². The van der Waals surface area contributed by atoms with Gasteiger partial charge < -0.3 is 24.8 Å². The molecule has 2 bridgehead atoms. The molecule has 0 amide bonds. The van der Waals surface area contributed by atoms with Gasteiger partial charge in [-0.15, -0.1) is 0 Å². The van der Waals surface area contributed by atoms with Crippen molar-refractivity contribution in [2.75, 3.05) is 57.3 Å². The van der Waals surface area contributed by atoms with Crippen LogP contribution < -0.4 is 15.0 Å². The molecule has 4 aromatic rings. The largest absolute Gasteiger partial charge is 0.508 e. The summed E-state index contributed by atoms with van der Waals surface area (Å²) in [5, 5.41) is 15.9. The average molecular weight is 746 g/mol. The Hall–Kier alpha value is -3.78. The third-order valence-corrected chi connectivity index (χ3v) is 12.6. The second kappa shape index (κ2) is 14.1. The van der Waals surface area contributed by atoms with Crippen molar-refractivity contribution in [3.63, 3.8) is 0 Å². The summed E-state index contributed by atoms with van der Waals surface area (Å²) in [6.07, 6.45) is 5.75. The standard InChI is InChI=1S/C41H50F3N7O3/c1-4-31-34(43)8-5-26-11-30(52)12-32(35(26)31)37-36(44)38-33(15-45-37)39(50-20-28-6-7-29(21-50)46-28)48-40(47-38)53-22-41-13-25(18-51(41)19-27(42)14-41)9-10-49-16-23(2)54-24(3)17-49/h5,8,11-12,15,23-25,27-29,46,52H,4,6-7,9-10,13-14,16-22H2,1-3H3/t23-,24+,25-,27+,28-,29+,41-/m0/s1. The van der Waals surface area contributed by atoms with Crippen LogP contribution >= 0.6 is 0 Å². The zero-order valence-corrected chi connectivity index (χ0v) is 31.3. The van der Waals surface area contributed by atoms with Crippen molar-refractivity contribution < 1.29 is 27.8 Å². The highest BCUT2D eigenvalue weighted by atomic mass is 19.1. The van der Waals surface area contributed by atoms with Gasteiger partial charge in [-0.2, -0.15) is 9.97 Å². The molecule has 7 heterocycles. The Kier molecular flexibility index (Phi) is 9.35. The van der Waals surface area contributed by atoms with Crippen LogP contribution in [0.1, 0.15) is 58.4 Å². The molecule has 2 N–H and O–H groups in total. The molecule has 13 heteroatoms. The number of nitrogens with one attached hydrogen (secondary N) is 1. The van der Waals surface area contributed by atoms with Crippen molar-refractivity contribution in [3.8, 4) is 23.0 Å². The number of halogens is 3. The lowest BCUT2D eigenvalue weighted by Gasteiger charge is -2.35. The minimum atomic E-state index is -0.944. The molecule has 2 aromatic heterocycles. The van der Waals surface area contributed by atoms with Crippen molar-refractivity contribution in [2.24, 2.45) is 5.92 Å². The van der Waals surface area contributed by atoms with Crippen LogP contribution in [0.3, 0.4) is 0 Å². The molecule has 0 unspecified atom stereocenters. The van der Waals surface area contributed by atoms with E-state index in [1.807, 2.05) is 6.92 Å². The van der Waals surface area contributed by atoms with Gasteiger partial charge in [-0.25, -0.2) is 13.2 Å². The number of aromatic nitrogens is 3. The number of hydrogen-bond donors (Lipinski definition) is 2. The molecule has 5 aliphatic heterocycles. The van der Waals surface area contributed by atoms with Crippen LogP contribution in [0.5, 0.6) is 11.8 Å². The Morgan fingerprint density at radius 3 is 2.54 bits per heavy atom. The average Bonchev–Trinajstić information content (AvgIpc) is 3.76. The van der Waals surface area contributed by atoms with Crippen molar-refractivity contribution in [1.29, 1.82) is 0 Å². The van der Waals surface area contributed by atoms with Gasteiger partial charge in [-0.1, -0.05) is 13.0 Å². The van der Waals surface area contributed by atoms with Gasteiger partial charge in [0.05, 0.1) is 23.1 Å². The van der Waals surface area contributed by atoms with E-state index in [-0.39, 0.29) is 47.3 Å². The number of morpholine rings is 1. The Labute approximate surface area is 314 Å². The van der Waals surface area contributed by atoms with E-state index in [0.29, 0.717) is 78.0 Å². The zero-order valence-electron chi connectivity index (χ0n) is 31.3. The number of phenols is 1. The molecule has 0 saturated carbocycles. The van der Waals surface area contributed by atoms with Crippen LogP contribution in [-0.2, 0) is 11.2 Å². The maximum Gasteiger partial charge on any atom is 0.319 e. The Morgan fingerprint density at radius 2 is 1.78 bits per heavy atom. The van der Waals surface area contributed by atoms with E-state index in [1.165, 1.54) is 12.1 Å². The quantitative estimate of drug-likeness (QED) is 0.212. The number of ether oxygens (including phenoxy) is 2. The smallest absolute Gasteiger partial charge is 0.319 e. The minimum absolute atomic E-state index is 0.0387. The monoisotopic (exact) mass is 745 g/mol. The number of aryl methyl sites for hydroxylation is 1. The molecular formula is C41H50F3N7O3. The SMILES string of the molecule is CCc1c(F)ccc2cc(O)cc(-c3ncc4c(N5C[C@H]6CC[C@@H](C5)N6)nc(OC[C@]56C[C@@H](F)CN5C[C@@H](CCN5C[C@@H](C)O[C@@H](C)C5)C6)nc4c3F)c12. The number of pyridine rings is 1. The summed E-state index contributed by atoms with van der Waals surface area (Å²) in [6.45, 7) is 11.7. The molecule has 5 saturated heterocycles.